The van der Waals surface area contributed by atoms with Gasteiger partial charge in [0.25, 0.3) is 0 Å². The van der Waals surface area contributed by atoms with Gasteiger partial charge in [0.15, 0.2) is 0 Å². The number of rotatable bonds is 7. The quantitative estimate of drug-likeness (QED) is 0.369. The van der Waals surface area contributed by atoms with Gasteiger partial charge in [0, 0.05) is 6.42 Å². The molecule has 3 aromatic rings. The number of carbonyl (C=O) groups is 1. The molecule has 36 heavy (non-hydrogen) atoms. The van der Waals surface area contributed by atoms with E-state index in [4.69, 9.17) is 4.74 Å². The zero-order chi connectivity index (χ0) is 26.6. The minimum Gasteiger partial charge on any atom is -0.497 e. The van der Waals surface area contributed by atoms with E-state index in [2.05, 4.69) is 5.32 Å². The van der Waals surface area contributed by atoms with E-state index < -0.39 is 41.8 Å². The molecule has 0 aliphatic carbocycles. The van der Waals surface area contributed by atoms with Gasteiger partial charge in [0.2, 0.25) is 0 Å². The number of alkyl halides is 6. The van der Waals surface area contributed by atoms with Crippen molar-refractivity contribution in [2.75, 3.05) is 13.7 Å². The van der Waals surface area contributed by atoms with Crippen molar-refractivity contribution in [2.45, 2.75) is 24.3 Å². The Hall–Kier alpha value is -3.76. The summed E-state index contributed by atoms with van der Waals surface area (Å²) in [6, 6.07) is 14.5. The zero-order valence-corrected chi connectivity index (χ0v) is 18.8. The van der Waals surface area contributed by atoms with Gasteiger partial charge in [-0.05, 0) is 47.0 Å². The van der Waals surface area contributed by atoms with Crippen molar-refractivity contribution in [2.24, 2.45) is 0 Å². The molecule has 0 aliphatic rings. The van der Waals surface area contributed by atoms with E-state index in [0.29, 0.717) is 23.4 Å². The number of hydrogen-bond donors (Lipinski definition) is 2. The summed E-state index contributed by atoms with van der Waals surface area (Å²) in [5, 5.41) is 4.07. The third kappa shape index (κ3) is 6.67. The van der Waals surface area contributed by atoms with E-state index >= 15 is 0 Å². The second kappa shape index (κ2) is 10.5. The van der Waals surface area contributed by atoms with Crippen molar-refractivity contribution in [3.8, 4) is 5.75 Å². The molecule has 2 N–H and O–H groups in total. The van der Waals surface area contributed by atoms with Gasteiger partial charge in [-0.25, -0.2) is 9.18 Å². The summed E-state index contributed by atoms with van der Waals surface area (Å²) in [6.45, 7) is -1.68. The molecule has 0 saturated heterocycles. The summed E-state index contributed by atoms with van der Waals surface area (Å²) in [7, 11) is 1.39. The minimum absolute atomic E-state index is 0.188. The van der Waals surface area contributed by atoms with Crippen LogP contribution in [0, 0.1) is 5.82 Å². The van der Waals surface area contributed by atoms with Crippen LogP contribution < -0.4 is 15.4 Å². The van der Waals surface area contributed by atoms with Crippen molar-refractivity contribution in [1.29, 1.82) is 0 Å². The van der Waals surface area contributed by atoms with Crippen molar-refractivity contribution in [3.05, 3.63) is 101 Å². The molecule has 2 amide bonds. The van der Waals surface area contributed by atoms with E-state index in [1.54, 1.807) is 35.6 Å². The summed E-state index contributed by atoms with van der Waals surface area (Å²) in [5.41, 5.74) is -2.83. The highest BCUT2D eigenvalue weighted by Gasteiger charge is 2.40. The maximum atomic E-state index is 14.5. The van der Waals surface area contributed by atoms with Gasteiger partial charge < -0.3 is 15.4 Å². The first-order valence-corrected chi connectivity index (χ1v) is 10.5. The molecule has 192 valence electrons. The fourth-order valence-corrected chi connectivity index (χ4v) is 3.76. The molecule has 11 heteroatoms. The summed E-state index contributed by atoms with van der Waals surface area (Å²) in [4.78, 5) is 12.7. The molecule has 0 fully saturated rings. The predicted molar refractivity (Wildman–Crippen MR) is 118 cm³/mol. The fraction of sp³-hybridized carbons (Fsp3) is 0.240. The molecule has 3 aromatic carbocycles. The second-order valence-electron chi connectivity index (χ2n) is 7.95. The maximum absolute atomic E-state index is 14.5. The topological polar surface area (TPSA) is 50.4 Å². The van der Waals surface area contributed by atoms with Gasteiger partial charge in [0.05, 0.1) is 18.2 Å². The standard InChI is InChI=1S/C25H21F7N2O2/c1-36-21-9-7-17(8-10-21)23(14-16-5-3-2-4-6-16,34-22(35)33-15-24(27,28)29)18-11-19(25(30,31)32)13-20(26)12-18/h2-13H,14-15H2,1H3,(H2,33,34,35)/t23-/m0/s1. The van der Waals surface area contributed by atoms with Crippen LogP contribution in [0.1, 0.15) is 22.3 Å². The number of ether oxygens (including phenoxy) is 1. The number of hydrogen-bond acceptors (Lipinski definition) is 2. The molecule has 0 unspecified atom stereocenters. The summed E-state index contributed by atoms with van der Waals surface area (Å²) < 4.78 is 98.5. The lowest BCUT2D eigenvalue weighted by Gasteiger charge is -2.37. The molecular weight excluding hydrogens is 493 g/mol. The zero-order valence-electron chi connectivity index (χ0n) is 18.8. The van der Waals surface area contributed by atoms with Crippen molar-refractivity contribution in [3.63, 3.8) is 0 Å². The number of halogens is 7. The number of carbonyl (C=O) groups excluding carboxylic acids is 1. The van der Waals surface area contributed by atoms with Crippen LogP contribution in [0.2, 0.25) is 0 Å². The summed E-state index contributed by atoms with van der Waals surface area (Å²) in [5.74, 6) is -0.854. The van der Waals surface area contributed by atoms with Crippen LogP contribution in [0.4, 0.5) is 35.5 Å². The van der Waals surface area contributed by atoms with E-state index in [1.807, 2.05) is 0 Å². The van der Waals surface area contributed by atoms with E-state index in [1.165, 1.54) is 31.4 Å². The average Bonchev–Trinajstić information content (AvgIpc) is 2.81. The van der Waals surface area contributed by atoms with E-state index in [-0.39, 0.29) is 17.5 Å². The highest BCUT2D eigenvalue weighted by atomic mass is 19.4. The predicted octanol–water partition coefficient (Wildman–Crippen LogP) is 6.20. The van der Waals surface area contributed by atoms with Crippen LogP contribution in [0.3, 0.4) is 0 Å². The van der Waals surface area contributed by atoms with Gasteiger partial charge >= 0.3 is 18.4 Å². The molecule has 0 radical (unpaired) electrons. The summed E-state index contributed by atoms with van der Waals surface area (Å²) >= 11 is 0. The second-order valence-corrected chi connectivity index (χ2v) is 7.95. The Morgan fingerprint density at radius 1 is 0.833 bits per heavy atom. The number of amides is 2. The largest absolute Gasteiger partial charge is 0.497 e. The molecule has 1 atom stereocenters. The lowest BCUT2D eigenvalue weighted by molar-refractivity contribution is -0.137. The Morgan fingerprint density at radius 2 is 1.44 bits per heavy atom. The maximum Gasteiger partial charge on any atom is 0.416 e. The summed E-state index contributed by atoms with van der Waals surface area (Å²) in [6.07, 6.45) is -9.87. The third-order valence-electron chi connectivity index (χ3n) is 5.39. The number of benzene rings is 3. The average molecular weight is 514 g/mol. The Bertz CT molecular complexity index is 1180. The van der Waals surface area contributed by atoms with Crippen LogP contribution >= 0.6 is 0 Å². The molecule has 4 nitrogen and oxygen atoms in total. The van der Waals surface area contributed by atoms with Crippen molar-refractivity contribution in [1.82, 2.24) is 10.6 Å². The molecule has 0 bridgehead atoms. The lowest BCUT2D eigenvalue weighted by Crippen LogP contribution is -2.53. The molecule has 0 spiro atoms. The van der Waals surface area contributed by atoms with Gasteiger partial charge in [-0.2, -0.15) is 26.3 Å². The first kappa shape index (κ1) is 26.8. The minimum atomic E-state index is -4.92. The Balaban J connectivity index is 2.25. The van der Waals surface area contributed by atoms with Gasteiger partial charge in [-0.3, -0.25) is 0 Å². The molecular formula is C25H21F7N2O2. The molecule has 0 heterocycles. The Labute approximate surface area is 202 Å². The van der Waals surface area contributed by atoms with Gasteiger partial charge in [0.1, 0.15) is 18.1 Å². The first-order valence-electron chi connectivity index (χ1n) is 10.5. The van der Waals surface area contributed by atoms with Gasteiger partial charge in [-0.1, -0.05) is 42.5 Å². The number of methoxy groups -OCH3 is 1. The molecule has 0 saturated carbocycles. The van der Waals surface area contributed by atoms with Crippen LogP contribution in [-0.4, -0.2) is 25.9 Å². The molecule has 0 aliphatic heterocycles. The van der Waals surface area contributed by atoms with Crippen LogP contribution in [0.5, 0.6) is 5.75 Å². The smallest absolute Gasteiger partial charge is 0.416 e. The SMILES string of the molecule is COc1ccc([C@](Cc2ccccc2)(NC(=O)NCC(F)(F)F)c2cc(F)cc(C(F)(F)F)c2)cc1. The number of urea groups is 1. The van der Waals surface area contributed by atoms with Crippen LogP contribution in [0.15, 0.2) is 72.8 Å². The van der Waals surface area contributed by atoms with Crippen LogP contribution in [0.25, 0.3) is 0 Å². The fourth-order valence-electron chi connectivity index (χ4n) is 3.76. The number of nitrogens with one attached hydrogen (secondary N) is 2. The molecule has 0 aromatic heterocycles. The van der Waals surface area contributed by atoms with Crippen LogP contribution in [-0.2, 0) is 18.1 Å². The highest BCUT2D eigenvalue weighted by molar-refractivity contribution is 5.76. The normalized spacial score (nSPS) is 13.6. The van der Waals surface area contributed by atoms with Crippen molar-refractivity contribution < 1.29 is 40.3 Å². The first-order chi connectivity index (χ1) is 16.8. The Morgan fingerprint density at radius 3 is 2.00 bits per heavy atom. The molecule has 3 rings (SSSR count). The van der Waals surface area contributed by atoms with Gasteiger partial charge in [-0.15, -0.1) is 0 Å². The van der Waals surface area contributed by atoms with E-state index in [0.717, 1.165) is 6.07 Å². The van der Waals surface area contributed by atoms with E-state index in [9.17, 15) is 35.5 Å². The monoisotopic (exact) mass is 514 g/mol. The third-order valence-corrected chi connectivity index (χ3v) is 5.39. The Kier molecular flexibility index (Phi) is 7.80. The highest BCUT2D eigenvalue weighted by Crippen LogP contribution is 2.38. The lowest BCUT2D eigenvalue weighted by atomic mass is 9.77. The van der Waals surface area contributed by atoms with Crippen molar-refractivity contribution >= 4 is 6.03 Å².